The number of benzene rings is 1. The van der Waals surface area contributed by atoms with E-state index in [1.807, 2.05) is 24.3 Å². The van der Waals surface area contributed by atoms with Gasteiger partial charge in [0.15, 0.2) is 0 Å². The van der Waals surface area contributed by atoms with Gasteiger partial charge in [-0.05, 0) is 50.7 Å². The zero-order valence-corrected chi connectivity index (χ0v) is 12.3. The van der Waals surface area contributed by atoms with Crippen LogP contribution in [0.5, 0.6) is 0 Å². The first-order valence-electron chi connectivity index (χ1n) is 7.22. The number of nitrogens with one attached hydrogen (secondary N) is 3. The van der Waals surface area contributed by atoms with Gasteiger partial charge in [0.2, 0.25) is 0 Å². The summed E-state index contributed by atoms with van der Waals surface area (Å²) in [7, 11) is 3.80. The minimum Gasteiger partial charge on any atom is -0.383 e. The molecule has 1 aliphatic rings. The number of amides is 2. The highest BCUT2D eigenvalue weighted by Crippen LogP contribution is 2.17. The van der Waals surface area contributed by atoms with Crippen molar-refractivity contribution in [3.63, 3.8) is 0 Å². The molecule has 0 aromatic heterocycles. The second-order valence-corrected chi connectivity index (χ2v) is 5.29. The molecule has 1 aromatic carbocycles. The number of carbonyl (C=O) groups is 1. The fourth-order valence-corrected chi connectivity index (χ4v) is 2.50. The van der Waals surface area contributed by atoms with Crippen LogP contribution in [0.2, 0.25) is 0 Å². The van der Waals surface area contributed by atoms with Crippen LogP contribution < -0.4 is 16.0 Å². The maximum absolute atomic E-state index is 11.2. The Hall–Kier alpha value is -1.75. The van der Waals surface area contributed by atoms with Crippen LogP contribution in [0.4, 0.5) is 16.2 Å². The fraction of sp³-hybridized carbons (Fsp3) is 0.533. The number of likely N-dealkylation sites (N-methyl/N-ethyl adjacent to an activating group) is 1. The standard InChI is InChI=1S/C15H24N4O/c1-16-15(20)18-13-8-6-12(7-9-13)17-11-14-5-3-4-10-19(14)2/h6-9,14,17H,3-5,10-11H2,1-2H3,(H2,16,18,20). The molecule has 110 valence electrons. The van der Waals surface area contributed by atoms with E-state index in [2.05, 4.69) is 27.9 Å². The van der Waals surface area contributed by atoms with Crippen molar-refractivity contribution in [2.45, 2.75) is 25.3 Å². The summed E-state index contributed by atoms with van der Waals surface area (Å²) < 4.78 is 0. The van der Waals surface area contributed by atoms with Crippen LogP contribution in [0.3, 0.4) is 0 Å². The molecule has 1 unspecified atom stereocenters. The lowest BCUT2D eigenvalue weighted by Gasteiger charge is -2.32. The molecular formula is C15H24N4O. The Morgan fingerprint density at radius 1 is 1.25 bits per heavy atom. The highest BCUT2D eigenvalue weighted by molar-refractivity contribution is 5.89. The zero-order chi connectivity index (χ0) is 14.4. The van der Waals surface area contributed by atoms with Gasteiger partial charge in [0.25, 0.3) is 0 Å². The molecule has 0 aliphatic carbocycles. The summed E-state index contributed by atoms with van der Waals surface area (Å²) in [4.78, 5) is 13.6. The summed E-state index contributed by atoms with van der Waals surface area (Å²) in [6.45, 7) is 2.17. The molecule has 5 nitrogen and oxygen atoms in total. The van der Waals surface area contributed by atoms with E-state index in [0.717, 1.165) is 17.9 Å². The Labute approximate surface area is 120 Å². The van der Waals surface area contributed by atoms with Crippen LogP contribution >= 0.6 is 0 Å². The Bertz CT molecular complexity index is 432. The first-order valence-corrected chi connectivity index (χ1v) is 7.22. The van der Waals surface area contributed by atoms with Gasteiger partial charge in [0.05, 0.1) is 0 Å². The van der Waals surface area contributed by atoms with Gasteiger partial charge >= 0.3 is 6.03 Å². The van der Waals surface area contributed by atoms with Crippen LogP contribution in [-0.4, -0.2) is 44.2 Å². The maximum atomic E-state index is 11.2. The second-order valence-electron chi connectivity index (χ2n) is 5.29. The van der Waals surface area contributed by atoms with E-state index in [1.54, 1.807) is 7.05 Å². The normalized spacial score (nSPS) is 19.4. The predicted molar refractivity (Wildman–Crippen MR) is 83.3 cm³/mol. The number of rotatable bonds is 4. The van der Waals surface area contributed by atoms with Crippen molar-refractivity contribution in [3.8, 4) is 0 Å². The van der Waals surface area contributed by atoms with Gasteiger partial charge in [-0.3, -0.25) is 0 Å². The number of hydrogen-bond donors (Lipinski definition) is 3. The van der Waals surface area contributed by atoms with Crippen molar-refractivity contribution >= 4 is 17.4 Å². The molecule has 0 bridgehead atoms. The van der Waals surface area contributed by atoms with Crippen LogP contribution in [0.25, 0.3) is 0 Å². The maximum Gasteiger partial charge on any atom is 0.318 e. The predicted octanol–water partition coefficient (Wildman–Crippen LogP) is 2.33. The van der Waals surface area contributed by atoms with Gasteiger partial charge in [-0.15, -0.1) is 0 Å². The zero-order valence-electron chi connectivity index (χ0n) is 12.3. The van der Waals surface area contributed by atoms with Crippen molar-refractivity contribution in [3.05, 3.63) is 24.3 Å². The summed E-state index contributed by atoms with van der Waals surface area (Å²) in [5.41, 5.74) is 1.89. The molecule has 1 aromatic rings. The number of hydrogen-bond acceptors (Lipinski definition) is 3. The minimum atomic E-state index is -0.200. The summed E-state index contributed by atoms with van der Waals surface area (Å²) in [6.07, 6.45) is 3.90. The molecule has 1 saturated heterocycles. The van der Waals surface area contributed by atoms with Gasteiger partial charge < -0.3 is 20.9 Å². The quantitative estimate of drug-likeness (QED) is 0.791. The molecule has 1 fully saturated rings. The lowest BCUT2D eigenvalue weighted by Crippen LogP contribution is -2.40. The molecule has 1 atom stereocenters. The summed E-state index contributed by atoms with van der Waals surface area (Å²) in [5.74, 6) is 0. The molecule has 20 heavy (non-hydrogen) atoms. The van der Waals surface area contributed by atoms with E-state index in [4.69, 9.17) is 0 Å². The minimum absolute atomic E-state index is 0.200. The van der Waals surface area contributed by atoms with E-state index < -0.39 is 0 Å². The highest BCUT2D eigenvalue weighted by atomic mass is 16.2. The van der Waals surface area contributed by atoms with Crippen molar-refractivity contribution in [2.24, 2.45) is 0 Å². The van der Waals surface area contributed by atoms with Crippen LogP contribution in [0, 0.1) is 0 Å². The Balaban J connectivity index is 1.82. The SMILES string of the molecule is CNC(=O)Nc1ccc(NCC2CCCCN2C)cc1. The Morgan fingerprint density at radius 2 is 1.95 bits per heavy atom. The van der Waals surface area contributed by atoms with Crippen molar-refractivity contribution in [2.75, 3.05) is 37.8 Å². The number of urea groups is 1. The van der Waals surface area contributed by atoms with E-state index in [9.17, 15) is 4.79 Å². The number of piperidine rings is 1. The molecular weight excluding hydrogens is 252 g/mol. The molecule has 0 saturated carbocycles. The van der Waals surface area contributed by atoms with E-state index in [0.29, 0.717) is 6.04 Å². The fourth-order valence-electron chi connectivity index (χ4n) is 2.50. The van der Waals surface area contributed by atoms with Gasteiger partial charge in [-0.1, -0.05) is 6.42 Å². The molecule has 2 amide bonds. The van der Waals surface area contributed by atoms with Crippen LogP contribution in [0.15, 0.2) is 24.3 Å². The largest absolute Gasteiger partial charge is 0.383 e. The third kappa shape index (κ3) is 4.13. The number of carbonyl (C=O) groups excluding carboxylic acids is 1. The molecule has 0 radical (unpaired) electrons. The number of anilines is 2. The smallest absolute Gasteiger partial charge is 0.318 e. The van der Waals surface area contributed by atoms with E-state index >= 15 is 0 Å². The molecule has 1 heterocycles. The lowest BCUT2D eigenvalue weighted by atomic mass is 10.0. The van der Waals surface area contributed by atoms with Crippen LogP contribution in [-0.2, 0) is 0 Å². The van der Waals surface area contributed by atoms with E-state index in [1.165, 1.54) is 25.8 Å². The van der Waals surface area contributed by atoms with Gasteiger partial charge in [-0.2, -0.15) is 0 Å². The Kier molecular flexibility index (Phi) is 5.24. The van der Waals surface area contributed by atoms with Gasteiger partial charge in [0.1, 0.15) is 0 Å². The van der Waals surface area contributed by atoms with Crippen molar-refractivity contribution < 1.29 is 4.79 Å². The van der Waals surface area contributed by atoms with E-state index in [-0.39, 0.29) is 6.03 Å². The molecule has 5 heteroatoms. The summed E-state index contributed by atoms with van der Waals surface area (Å²) >= 11 is 0. The van der Waals surface area contributed by atoms with Crippen molar-refractivity contribution in [1.29, 1.82) is 0 Å². The first kappa shape index (κ1) is 14.7. The number of likely N-dealkylation sites (tertiary alicyclic amines) is 1. The topological polar surface area (TPSA) is 56.4 Å². The average Bonchev–Trinajstić information content (AvgIpc) is 2.48. The van der Waals surface area contributed by atoms with Gasteiger partial charge in [-0.25, -0.2) is 4.79 Å². The molecule has 1 aliphatic heterocycles. The lowest BCUT2D eigenvalue weighted by molar-refractivity contribution is 0.194. The third-order valence-electron chi connectivity index (χ3n) is 3.83. The first-order chi connectivity index (χ1) is 9.69. The summed E-state index contributed by atoms with van der Waals surface area (Å²) in [6, 6.07) is 8.22. The monoisotopic (exact) mass is 276 g/mol. The second kappa shape index (κ2) is 7.14. The van der Waals surface area contributed by atoms with Gasteiger partial charge in [0, 0.05) is 31.0 Å². The molecule has 3 N–H and O–H groups in total. The summed E-state index contributed by atoms with van der Waals surface area (Å²) in [5, 5.41) is 8.74. The van der Waals surface area contributed by atoms with Crippen LogP contribution in [0.1, 0.15) is 19.3 Å². The Morgan fingerprint density at radius 3 is 2.60 bits per heavy atom. The average molecular weight is 276 g/mol. The number of nitrogens with zero attached hydrogens (tertiary/aromatic N) is 1. The highest BCUT2D eigenvalue weighted by Gasteiger charge is 2.18. The molecule has 0 spiro atoms. The molecule has 2 rings (SSSR count). The van der Waals surface area contributed by atoms with Crippen molar-refractivity contribution in [1.82, 2.24) is 10.2 Å². The third-order valence-corrected chi connectivity index (χ3v) is 3.83.